The topological polar surface area (TPSA) is 106 Å². The van der Waals surface area contributed by atoms with Crippen LogP contribution in [0, 0.1) is 6.92 Å². The molecule has 2 N–H and O–H groups in total. The smallest absolute Gasteiger partial charge is 0.272 e. The summed E-state index contributed by atoms with van der Waals surface area (Å²) in [6.45, 7) is 1.39. The van der Waals surface area contributed by atoms with E-state index in [1.807, 2.05) is 10.3 Å². The molecule has 1 amide bonds. The maximum Gasteiger partial charge on any atom is 0.433 e. The summed E-state index contributed by atoms with van der Waals surface area (Å²) < 4.78 is 64.9. The minimum absolute atomic E-state index is 0.0956. The lowest BCUT2D eigenvalue weighted by atomic mass is 10.3. The molecule has 2 heterocycles. The number of alkyl halides is 3. The highest BCUT2D eigenvalue weighted by Crippen LogP contribution is 2.32. The minimum atomic E-state index is -4.66. The Balaban J connectivity index is 1.76. The van der Waals surface area contributed by atoms with E-state index in [2.05, 4.69) is 26.0 Å². The molecule has 0 atom stereocenters. The fourth-order valence-corrected chi connectivity index (χ4v) is 4.03. The van der Waals surface area contributed by atoms with Crippen molar-refractivity contribution in [1.82, 2.24) is 25.0 Å². The Bertz CT molecular complexity index is 1160. The van der Waals surface area contributed by atoms with Crippen molar-refractivity contribution in [3.63, 3.8) is 0 Å². The molecule has 29 heavy (non-hydrogen) atoms. The van der Waals surface area contributed by atoms with Crippen molar-refractivity contribution >= 4 is 43.2 Å². The van der Waals surface area contributed by atoms with Crippen molar-refractivity contribution in [3.05, 3.63) is 57.3 Å². The van der Waals surface area contributed by atoms with Crippen LogP contribution in [0.4, 0.5) is 13.2 Å². The Hall–Kier alpha value is -2.29. The van der Waals surface area contributed by atoms with Crippen molar-refractivity contribution < 1.29 is 26.4 Å². The number of nitrogens with zero attached hydrogens (tertiary/aromatic N) is 3. The van der Waals surface area contributed by atoms with E-state index in [4.69, 9.17) is 0 Å². The first-order valence-corrected chi connectivity index (χ1v) is 10.8. The molecule has 14 heteroatoms. The van der Waals surface area contributed by atoms with Crippen LogP contribution in [0.2, 0.25) is 0 Å². The van der Waals surface area contributed by atoms with Crippen LogP contribution in [0.25, 0.3) is 5.13 Å². The van der Waals surface area contributed by atoms with Gasteiger partial charge in [0.25, 0.3) is 15.9 Å². The standard InChI is InChI=1S/C15H11BrF3N5O3S2/c1-8-6-12(15(17,18)19)24(22-8)14-20-11(7-28-14)13(25)21-23-29(26,27)10-4-2-9(16)3-5-10/h2-7,23H,1H3,(H,21,25). The molecule has 0 fully saturated rings. The Labute approximate surface area is 174 Å². The number of nitrogens with one attached hydrogen (secondary N) is 2. The summed E-state index contributed by atoms with van der Waals surface area (Å²) in [7, 11) is -4.04. The Morgan fingerprint density at radius 3 is 2.52 bits per heavy atom. The maximum absolute atomic E-state index is 13.1. The van der Waals surface area contributed by atoms with Gasteiger partial charge in [-0.05, 0) is 37.3 Å². The van der Waals surface area contributed by atoms with Crippen molar-refractivity contribution in [3.8, 4) is 5.13 Å². The summed E-state index contributed by atoms with van der Waals surface area (Å²) in [6.07, 6.45) is -4.66. The molecule has 1 aromatic carbocycles. The molecule has 0 saturated carbocycles. The average molecular weight is 510 g/mol. The number of aryl methyl sites for hydroxylation is 1. The molecule has 8 nitrogen and oxygen atoms in total. The first kappa shape index (κ1) is 21.4. The number of aromatic nitrogens is 3. The first-order valence-electron chi connectivity index (χ1n) is 7.65. The quantitative estimate of drug-likeness (QED) is 0.514. The lowest BCUT2D eigenvalue weighted by Crippen LogP contribution is -2.41. The number of rotatable bonds is 5. The SMILES string of the molecule is Cc1cc(C(F)(F)F)n(-c2nc(C(=O)NNS(=O)(=O)c3ccc(Br)cc3)cs2)n1. The highest BCUT2D eigenvalue weighted by atomic mass is 79.9. The van der Waals surface area contributed by atoms with Crippen LogP contribution in [0.5, 0.6) is 0 Å². The van der Waals surface area contributed by atoms with Gasteiger partial charge in [0, 0.05) is 9.85 Å². The van der Waals surface area contributed by atoms with Gasteiger partial charge in [0.2, 0.25) is 5.13 Å². The molecule has 0 aliphatic rings. The van der Waals surface area contributed by atoms with Crippen molar-refractivity contribution in [2.75, 3.05) is 0 Å². The largest absolute Gasteiger partial charge is 0.433 e. The van der Waals surface area contributed by atoms with E-state index in [1.165, 1.54) is 36.6 Å². The maximum atomic E-state index is 13.1. The third-order valence-corrected chi connectivity index (χ3v) is 6.06. The third kappa shape index (κ3) is 4.83. The Morgan fingerprint density at radius 1 is 1.24 bits per heavy atom. The molecular formula is C15H11BrF3N5O3S2. The molecule has 0 aliphatic carbocycles. The second kappa shape index (κ2) is 7.85. The summed E-state index contributed by atoms with van der Waals surface area (Å²) in [6, 6.07) is 6.50. The minimum Gasteiger partial charge on any atom is -0.272 e. The third-order valence-electron chi connectivity index (χ3n) is 3.45. The van der Waals surface area contributed by atoms with Crippen molar-refractivity contribution in [2.24, 2.45) is 0 Å². The molecule has 0 aliphatic heterocycles. The van der Waals surface area contributed by atoms with Crippen LogP contribution in [-0.4, -0.2) is 29.1 Å². The summed E-state index contributed by atoms with van der Waals surface area (Å²) in [5.74, 6) is -0.939. The molecule has 0 radical (unpaired) electrons. The molecule has 2 aromatic heterocycles. The van der Waals surface area contributed by atoms with Gasteiger partial charge in [0.05, 0.1) is 10.6 Å². The number of amides is 1. The van der Waals surface area contributed by atoms with Gasteiger partial charge in [0.15, 0.2) is 5.69 Å². The summed E-state index contributed by atoms with van der Waals surface area (Å²) >= 11 is 3.93. The molecule has 3 aromatic rings. The van der Waals surface area contributed by atoms with E-state index in [0.29, 0.717) is 9.15 Å². The van der Waals surface area contributed by atoms with E-state index in [-0.39, 0.29) is 21.4 Å². The highest BCUT2D eigenvalue weighted by molar-refractivity contribution is 9.10. The van der Waals surface area contributed by atoms with Crippen LogP contribution in [0.15, 0.2) is 45.1 Å². The molecule has 3 rings (SSSR count). The van der Waals surface area contributed by atoms with Gasteiger partial charge in [-0.1, -0.05) is 15.9 Å². The second-order valence-corrected chi connectivity index (χ2v) is 9.04. The number of benzene rings is 1. The molecule has 0 unspecified atom stereocenters. The second-order valence-electron chi connectivity index (χ2n) is 5.61. The number of thiazole rings is 1. The highest BCUT2D eigenvalue weighted by Gasteiger charge is 2.36. The predicted molar refractivity (Wildman–Crippen MR) is 101 cm³/mol. The van der Waals surface area contributed by atoms with E-state index >= 15 is 0 Å². The van der Waals surface area contributed by atoms with E-state index in [1.54, 1.807) is 0 Å². The number of hydrogen-bond donors (Lipinski definition) is 2. The van der Waals surface area contributed by atoms with Gasteiger partial charge in [0.1, 0.15) is 5.69 Å². The van der Waals surface area contributed by atoms with Gasteiger partial charge in [-0.2, -0.15) is 18.3 Å². The number of sulfonamides is 1. The van der Waals surface area contributed by atoms with E-state index in [9.17, 15) is 26.4 Å². The lowest BCUT2D eigenvalue weighted by molar-refractivity contribution is -0.142. The van der Waals surface area contributed by atoms with Crippen LogP contribution in [0.1, 0.15) is 21.9 Å². The zero-order chi connectivity index (χ0) is 21.4. The number of carbonyl (C=O) groups is 1. The molecule has 0 saturated heterocycles. The van der Waals surface area contributed by atoms with Crippen LogP contribution in [-0.2, 0) is 16.2 Å². The average Bonchev–Trinajstić information content (AvgIpc) is 3.26. The van der Waals surface area contributed by atoms with Crippen molar-refractivity contribution in [1.29, 1.82) is 0 Å². The van der Waals surface area contributed by atoms with Gasteiger partial charge < -0.3 is 0 Å². The molecule has 0 bridgehead atoms. The van der Waals surface area contributed by atoms with Crippen molar-refractivity contribution in [2.45, 2.75) is 18.0 Å². The lowest BCUT2D eigenvalue weighted by Gasteiger charge is -2.08. The van der Waals surface area contributed by atoms with Crippen LogP contribution >= 0.6 is 27.3 Å². The van der Waals surface area contributed by atoms with Gasteiger partial charge in [-0.3, -0.25) is 10.2 Å². The number of hydrogen-bond acceptors (Lipinski definition) is 6. The Morgan fingerprint density at radius 2 is 1.90 bits per heavy atom. The zero-order valence-corrected chi connectivity index (χ0v) is 17.6. The van der Waals surface area contributed by atoms with Gasteiger partial charge >= 0.3 is 6.18 Å². The molecule has 0 spiro atoms. The molecule has 154 valence electrons. The fourth-order valence-electron chi connectivity index (χ4n) is 2.16. The Kier molecular flexibility index (Phi) is 5.80. The van der Waals surface area contributed by atoms with Crippen LogP contribution in [0.3, 0.4) is 0 Å². The fraction of sp³-hybridized carbons (Fsp3) is 0.133. The van der Waals surface area contributed by atoms with E-state index in [0.717, 1.165) is 17.4 Å². The summed E-state index contributed by atoms with van der Waals surface area (Å²) in [4.78, 5) is 17.8. The molecular weight excluding hydrogens is 499 g/mol. The summed E-state index contributed by atoms with van der Waals surface area (Å²) in [5, 5.41) is 4.75. The normalized spacial score (nSPS) is 12.2. The number of hydrazine groups is 1. The number of carbonyl (C=O) groups excluding carboxylic acids is 1. The number of halogens is 4. The predicted octanol–water partition coefficient (Wildman–Crippen LogP) is 3.04. The van der Waals surface area contributed by atoms with Gasteiger partial charge in [-0.15, -0.1) is 16.2 Å². The first-order chi connectivity index (χ1) is 13.5. The van der Waals surface area contributed by atoms with Gasteiger partial charge in [-0.25, -0.2) is 18.1 Å². The van der Waals surface area contributed by atoms with Crippen LogP contribution < -0.4 is 10.3 Å². The monoisotopic (exact) mass is 509 g/mol. The zero-order valence-electron chi connectivity index (χ0n) is 14.4. The van der Waals surface area contributed by atoms with E-state index < -0.39 is 27.8 Å². The summed E-state index contributed by atoms with van der Waals surface area (Å²) in [5.41, 5.74) is 0.788.